The molecule has 0 unspecified atom stereocenters. The Bertz CT molecular complexity index is 486. The monoisotopic (exact) mass is 215 g/mol. The van der Waals surface area contributed by atoms with Crippen LogP contribution in [0.3, 0.4) is 0 Å². The molecule has 0 amide bonds. The van der Waals surface area contributed by atoms with Crippen LogP contribution in [0.25, 0.3) is 5.69 Å². The van der Waals surface area contributed by atoms with Crippen molar-refractivity contribution in [2.24, 2.45) is 0 Å². The molecule has 0 atom stereocenters. The summed E-state index contributed by atoms with van der Waals surface area (Å²) in [5.74, 6) is -4.37. The average Bonchev–Trinajstić information content (AvgIpc) is 2.60. The summed E-state index contributed by atoms with van der Waals surface area (Å²) in [4.78, 5) is 0. The fraction of sp³-hybridized carbons (Fsp3) is 0. The summed E-state index contributed by atoms with van der Waals surface area (Å²) < 4.78 is 39.1. The predicted molar refractivity (Wildman–Crippen MR) is 43.4 cm³/mol. The second-order valence-electron chi connectivity index (χ2n) is 2.67. The summed E-state index contributed by atoms with van der Waals surface area (Å²) in [6.45, 7) is 0. The lowest BCUT2D eigenvalue weighted by molar-refractivity contribution is 0.446. The molecule has 0 saturated heterocycles. The molecule has 0 aliphatic rings. The molecule has 0 spiro atoms. The van der Waals surface area contributed by atoms with Crippen LogP contribution >= 0.6 is 0 Å². The van der Waals surface area contributed by atoms with E-state index < -0.39 is 17.5 Å². The molecule has 2 rings (SSSR count). The van der Waals surface area contributed by atoms with Crippen LogP contribution in [-0.2, 0) is 0 Å². The summed E-state index contributed by atoms with van der Waals surface area (Å²) in [7, 11) is 0. The Morgan fingerprint density at radius 3 is 2.20 bits per heavy atom. The second kappa shape index (κ2) is 3.23. The van der Waals surface area contributed by atoms with Gasteiger partial charge in [-0.25, -0.2) is 13.2 Å². The third-order valence-electron chi connectivity index (χ3n) is 1.71. The molecule has 0 radical (unpaired) electrons. The van der Waals surface area contributed by atoms with Gasteiger partial charge in [-0.1, -0.05) is 5.10 Å². The van der Waals surface area contributed by atoms with Crippen LogP contribution < -0.4 is 5.73 Å². The quantitative estimate of drug-likeness (QED) is 0.709. The third kappa shape index (κ3) is 1.49. The Morgan fingerprint density at radius 2 is 1.73 bits per heavy atom. The number of tetrazole rings is 1. The second-order valence-corrected chi connectivity index (χ2v) is 2.67. The van der Waals surface area contributed by atoms with Gasteiger partial charge in [-0.15, -0.1) is 0 Å². The molecular formula is C7H4F3N5. The maximum atomic E-state index is 12.8. The van der Waals surface area contributed by atoms with E-state index in [0.717, 1.165) is 16.8 Å². The summed E-state index contributed by atoms with van der Waals surface area (Å²) in [5, 5.41) is 9.87. The molecule has 2 N–H and O–H groups in total. The first-order chi connectivity index (χ1) is 7.09. The van der Waals surface area contributed by atoms with Gasteiger partial charge in [-0.2, -0.15) is 4.68 Å². The van der Waals surface area contributed by atoms with Crippen molar-refractivity contribution in [3.8, 4) is 5.69 Å². The van der Waals surface area contributed by atoms with Gasteiger partial charge in [0.15, 0.2) is 17.5 Å². The van der Waals surface area contributed by atoms with Crippen molar-refractivity contribution in [3.63, 3.8) is 0 Å². The van der Waals surface area contributed by atoms with Gasteiger partial charge in [-0.05, 0) is 10.4 Å². The number of benzene rings is 1. The first kappa shape index (κ1) is 9.44. The van der Waals surface area contributed by atoms with Crippen molar-refractivity contribution >= 4 is 5.95 Å². The fourth-order valence-corrected chi connectivity index (χ4v) is 1.04. The molecule has 1 aromatic heterocycles. The Kier molecular flexibility index (Phi) is 2.03. The number of nitrogens with two attached hydrogens (primary N) is 1. The van der Waals surface area contributed by atoms with E-state index in [-0.39, 0.29) is 11.6 Å². The molecule has 1 heterocycles. The third-order valence-corrected chi connectivity index (χ3v) is 1.71. The highest BCUT2D eigenvalue weighted by atomic mass is 19.2. The first-order valence-electron chi connectivity index (χ1n) is 3.78. The van der Waals surface area contributed by atoms with Crippen molar-refractivity contribution in [2.45, 2.75) is 0 Å². The van der Waals surface area contributed by atoms with Crippen LogP contribution in [0.15, 0.2) is 12.1 Å². The zero-order valence-electron chi connectivity index (χ0n) is 7.15. The van der Waals surface area contributed by atoms with Crippen LogP contribution in [0.4, 0.5) is 19.1 Å². The van der Waals surface area contributed by atoms with E-state index in [2.05, 4.69) is 15.5 Å². The minimum absolute atomic E-state index is 0.0890. The zero-order chi connectivity index (χ0) is 11.0. The lowest BCUT2D eigenvalue weighted by Gasteiger charge is -2.02. The summed E-state index contributed by atoms with van der Waals surface area (Å²) in [6, 6.07) is 1.48. The molecule has 2 aromatic rings. The Labute approximate surface area is 81.3 Å². The van der Waals surface area contributed by atoms with E-state index >= 15 is 0 Å². The largest absolute Gasteiger partial charge is 0.366 e. The molecule has 78 valence electrons. The van der Waals surface area contributed by atoms with Gasteiger partial charge in [-0.3, -0.25) is 0 Å². The number of anilines is 1. The normalized spacial score (nSPS) is 10.6. The van der Waals surface area contributed by atoms with E-state index in [1.165, 1.54) is 0 Å². The Hall–Kier alpha value is -2.12. The molecule has 0 saturated carbocycles. The molecule has 0 bridgehead atoms. The highest BCUT2D eigenvalue weighted by molar-refractivity contribution is 5.37. The molecule has 0 fully saturated rings. The number of hydrogen-bond donors (Lipinski definition) is 1. The van der Waals surface area contributed by atoms with Gasteiger partial charge in [0.2, 0.25) is 5.95 Å². The average molecular weight is 215 g/mol. The van der Waals surface area contributed by atoms with Crippen molar-refractivity contribution < 1.29 is 13.2 Å². The smallest absolute Gasteiger partial charge is 0.245 e. The number of nitrogen functional groups attached to an aromatic ring is 1. The van der Waals surface area contributed by atoms with Crippen molar-refractivity contribution in [3.05, 3.63) is 29.6 Å². The molecule has 15 heavy (non-hydrogen) atoms. The van der Waals surface area contributed by atoms with Crippen molar-refractivity contribution in [1.29, 1.82) is 0 Å². The molecule has 0 aliphatic carbocycles. The zero-order valence-corrected chi connectivity index (χ0v) is 7.15. The van der Waals surface area contributed by atoms with Crippen LogP contribution in [0, 0.1) is 17.5 Å². The molecule has 1 aromatic carbocycles. The topological polar surface area (TPSA) is 69.6 Å². The minimum Gasteiger partial charge on any atom is -0.366 e. The van der Waals surface area contributed by atoms with E-state index in [0.29, 0.717) is 0 Å². The number of halogens is 3. The van der Waals surface area contributed by atoms with Gasteiger partial charge in [0.25, 0.3) is 0 Å². The predicted octanol–water partition coefficient (Wildman–Crippen LogP) is 0.662. The van der Waals surface area contributed by atoms with Crippen LogP contribution in [0.1, 0.15) is 0 Å². The van der Waals surface area contributed by atoms with Gasteiger partial charge < -0.3 is 5.73 Å². The highest BCUT2D eigenvalue weighted by Gasteiger charge is 2.13. The number of hydrogen-bond acceptors (Lipinski definition) is 4. The van der Waals surface area contributed by atoms with Crippen LogP contribution in [-0.4, -0.2) is 20.2 Å². The van der Waals surface area contributed by atoms with Gasteiger partial charge in [0.05, 0.1) is 5.69 Å². The van der Waals surface area contributed by atoms with Crippen molar-refractivity contribution in [2.75, 3.05) is 5.73 Å². The number of aromatic nitrogens is 4. The lowest BCUT2D eigenvalue weighted by Crippen LogP contribution is -2.04. The van der Waals surface area contributed by atoms with Gasteiger partial charge >= 0.3 is 0 Å². The number of rotatable bonds is 1. The van der Waals surface area contributed by atoms with Gasteiger partial charge in [0, 0.05) is 12.1 Å². The molecule has 5 nitrogen and oxygen atoms in total. The maximum absolute atomic E-state index is 12.8. The summed E-state index contributed by atoms with van der Waals surface area (Å²) in [5.41, 5.74) is 5.21. The first-order valence-corrected chi connectivity index (χ1v) is 3.78. The van der Waals surface area contributed by atoms with E-state index in [1.807, 2.05) is 0 Å². The van der Waals surface area contributed by atoms with Crippen LogP contribution in [0.2, 0.25) is 0 Å². The number of nitrogens with zero attached hydrogens (tertiary/aromatic N) is 4. The highest BCUT2D eigenvalue weighted by Crippen LogP contribution is 2.17. The van der Waals surface area contributed by atoms with E-state index in [1.54, 1.807) is 0 Å². The molecular weight excluding hydrogens is 211 g/mol. The van der Waals surface area contributed by atoms with E-state index in [4.69, 9.17) is 5.73 Å². The van der Waals surface area contributed by atoms with Crippen molar-refractivity contribution in [1.82, 2.24) is 20.2 Å². The minimum atomic E-state index is -1.55. The molecule has 8 heteroatoms. The maximum Gasteiger partial charge on any atom is 0.245 e. The Morgan fingerprint density at radius 1 is 1.13 bits per heavy atom. The standard InChI is InChI=1S/C7H4F3N5/c8-4-1-3(2-5(9)6(4)10)15-7(11)12-13-14-15/h1-2H,(H2,11,12,14). The Balaban J connectivity index is 2.60. The molecule has 0 aliphatic heterocycles. The lowest BCUT2D eigenvalue weighted by atomic mass is 10.3. The summed E-state index contributed by atoms with van der Waals surface area (Å²) in [6.07, 6.45) is 0. The van der Waals surface area contributed by atoms with Crippen LogP contribution in [0.5, 0.6) is 0 Å². The van der Waals surface area contributed by atoms with E-state index in [9.17, 15) is 13.2 Å². The van der Waals surface area contributed by atoms with Gasteiger partial charge in [0.1, 0.15) is 0 Å². The summed E-state index contributed by atoms with van der Waals surface area (Å²) >= 11 is 0. The SMILES string of the molecule is Nc1nnnn1-c1cc(F)c(F)c(F)c1. The fourth-order valence-electron chi connectivity index (χ4n) is 1.04.